The third-order valence-corrected chi connectivity index (χ3v) is 5.53. The number of carbonyl (C=O) groups is 1. The molecule has 0 spiro atoms. The zero-order valence-electron chi connectivity index (χ0n) is 13.7. The number of aryl methyl sites for hydroxylation is 2. The van der Waals surface area contributed by atoms with Crippen LogP contribution in [0.1, 0.15) is 47.3 Å². The number of carbonyl (C=O) groups excluding carboxylic acids is 1. The molecule has 0 unspecified atom stereocenters. The standard InChI is InChI=1S/C17H21NO4S/c1-5-23(20,21)16-9-7-6-8-14(16)17(19)18-12(3)15-10-11(2)22-13(15)4/h6-10,12H,5H2,1-4H3,(H,18,19)/t12-/m0/s1. The van der Waals surface area contributed by atoms with Crippen LogP contribution in [0.15, 0.2) is 39.6 Å². The maximum Gasteiger partial charge on any atom is 0.253 e. The molecule has 0 fully saturated rings. The molecule has 0 aliphatic carbocycles. The first-order valence-electron chi connectivity index (χ1n) is 7.46. The highest BCUT2D eigenvalue weighted by Crippen LogP contribution is 2.23. The van der Waals surface area contributed by atoms with Gasteiger partial charge in [0.15, 0.2) is 9.84 Å². The summed E-state index contributed by atoms with van der Waals surface area (Å²) in [6.45, 7) is 7.07. The molecule has 1 N–H and O–H groups in total. The van der Waals surface area contributed by atoms with Gasteiger partial charge in [-0.1, -0.05) is 19.1 Å². The molecule has 1 aromatic carbocycles. The van der Waals surface area contributed by atoms with Crippen LogP contribution in [0, 0.1) is 13.8 Å². The second-order valence-corrected chi connectivity index (χ2v) is 7.71. The predicted octanol–water partition coefficient (Wildman–Crippen LogP) is 3.18. The summed E-state index contributed by atoms with van der Waals surface area (Å²) in [5, 5.41) is 2.84. The zero-order chi connectivity index (χ0) is 17.2. The molecule has 1 amide bonds. The van der Waals surface area contributed by atoms with Crippen LogP contribution >= 0.6 is 0 Å². The van der Waals surface area contributed by atoms with E-state index in [1.54, 1.807) is 19.1 Å². The molecule has 23 heavy (non-hydrogen) atoms. The molecule has 0 bridgehead atoms. The molecule has 6 heteroatoms. The molecule has 0 saturated heterocycles. The number of nitrogens with one attached hydrogen (secondary N) is 1. The molecule has 1 aromatic heterocycles. The number of sulfone groups is 1. The lowest BCUT2D eigenvalue weighted by molar-refractivity contribution is 0.0936. The number of furan rings is 1. The SMILES string of the molecule is CCS(=O)(=O)c1ccccc1C(=O)N[C@@H](C)c1cc(C)oc1C. The number of hydrogen-bond acceptors (Lipinski definition) is 4. The van der Waals surface area contributed by atoms with E-state index in [2.05, 4.69) is 5.32 Å². The molecule has 0 aliphatic heterocycles. The van der Waals surface area contributed by atoms with E-state index >= 15 is 0 Å². The van der Waals surface area contributed by atoms with Gasteiger partial charge in [-0.25, -0.2) is 8.42 Å². The molecule has 0 aliphatic rings. The first-order valence-corrected chi connectivity index (χ1v) is 9.11. The van der Waals surface area contributed by atoms with Crippen LogP contribution in [-0.2, 0) is 9.84 Å². The van der Waals surface area contributed by atoms with Gasteiger partial charge < -0.3 is 9.73 Å². The fourth-order valence-electron chi connectivity index (χ4n) is 2.51. The van der Waals surface area contributed by atoms with E-state index in [4.69, 9.17) is 4.42 Å². The van der Waals surface area contributed by atoms with E-state index in [9.17, 15) is 13.2 Å². The fourth-order valence-corrected chi connectivity index (χ4v) is 3.61. The van der Waals surface area contributed by atoms with Crippen LogP contribution in [0.2, 0.25) is 0 Å². The molecule has 1 heterocycles. The molecule has 2 rings (SSSR count). The Bertz CT molecular complexity index is 821. The van der Waals surface area contributed by atoms with Gasteiger partial charge in [-0.15, -0.1) is 0 Å². The lowest BCUT2D eigenvalue weighted by Gasteiger charge is -2.15. The second kappa shape index (κ2) is 6.58. The zero-order valence-corrected chi connectivity index (χ0v) is 14.5. The van der Waals surface area contributed by atoms with Crippen molar-refractivity contribution in [3.8, 4) is 0 Å². The van der Waals surface area contributed by atoms with Crippen LogP contribution in [0.5, 0.6) is 0 Å². The number of rotatable bonds is 5. The van der Waals surface area contributed by atoms with E-state index in [0.717, 1.165) is 17.1 Å². The van der Waals surface area contributed by atoms with E-state index in [1.165, 1.54) is 12.1 Å². The van der Waals surface area contributed by atoms with Crippen molar-refractivity contribution in [2.24, 2.45) is 0 Å². The maximum atomic E-state index is 12.5. The van der Waals surface area contributed by atoms with Crippen molar-refractivity contribution in [3.63, 3.8) is 0 Å². The molecule has 0 saturated carbocycles. The minimum Gasteiger partial charge on any atom is -0.466 e. The monoisotopic (exact) mass is 335 g/mol. The van der Waals surface area contributed by atoms with E-state index < -0.39 is 15.7 Å². The third kappa shape index (κ3) is 3.64. The van der Waals surface area contributed by atoms with E-state index in [0.29, 0.717) is 0 Å². The smallest absolute Gasteiger partial charge is 0.253 e. The van der Waals surface area contributed by atoms with Crippen molar-refractivity contribution in [1.29, 1.82) is 0 Å². The van der Waals surface area contributed by atoms with Crippen molar-refractivity contribution in [3.05, 3.63) is 53.0 Å². The maximum absolute atomic E-state index is 12.5. The summed E-state index contributed by atoms with van der Waals surface area (Å²) in [5.74, 6) is 1.05. The van der Waals surface area contributed by atoms with Crippen LogP contribution in [0.4, 0.5) is 0 Å². The summed E-state index contributed by atoms with van der Waals surface area (Å²) in [7, 11) is -3.46. The Balaban J connectivity index is 2.30. The Kier molecular flexibility index (Phi) is 4.94. The first-order chi connectivity index (χ1) is 10.8. The van der Waals surface area contributed by atoms with Gasteiger partial charge >= 0.3 is 0 Å². The Morgan fingerprint density at radius 1 is 1.26 bits per heavy atom. The second-order valence-electron chi connectivity index (χ2n) is 5.46. The van der Waals surface area contributed by atoms with Gasteiger partial charge in [0, 0.05) is 5.56 Å². The van der Waals surface area contributed by atoms with Gasteiger partial charge in [0.1, 0.15) is 11.5 Å². The molecule has 2 aromatic rings. The highest BCUT2D eigenvalue weighted by atomic mass is 32.2. The summed E-state index contributed by atoms with van der Waals surface area (Å²) in [4.78, 5) is 12.6. The van der Waals surface area contributed by atoms with E-state index in [1.807, 2.05) is 26.8 Å². The van der Waals surface area contributed by atoms with Gasteiger partial charge in [0.25, 0.3) is 5.91 Å². The molecule has 0 radical (unpaired) electrons. The Morgan fingerprint density at radius 3 is 2.48 bits per heavy atom. The average molecular weight is 335 g/mol. The van der Waals surface area contributed by atoms with Gasteiger partial charge in [-0.2, -0.15) is 0 Å². The van der Waals surface area contributed by atoms with Crippen molar-refractivity contribution in [2.75, 3.05) is 5.75 Å². The summed E-state index contributed by atoms with van der Waals surface area (Å²) in [6.07, 6.45) is 0. The number of amides is 1. The van der Waals surface area contributed by atoms with Crippen molar-refractivity contribution >= 4 is 15.7 Å². The molecule has 1 atom stereocenters. The number of hydrogen-bond donors (Lipinski definition) is 1. The molecule has 124 valence electrons. The van der Waals surface area contributed by atoms with Gasteiger partial charge in [0.2, 0.25) is 0 Å². The predicted molar refractivity (Wildman–Crippen MR) is 88.2 cm³/mol. The third-order valence-electron chi connectivity index (χ3n) is 3.74. The largest absolute Gasteiger partial charge is 0.466 e. The quantitative estimate of drug-likeness (QED) is 0.910. The fraction of sp³-hybridized carbons (Fsp3) is 0.353. The Morgan fingerprint density at radius 2 is 1.91 bits per heavy atom. The Hall–Kier alpha value is -2.08. The topological polar surface area (TPSA) is 76.4 Å². The summed E-state index contributed by atoms with van der Waals surface area (Å²) < 4.78 is 29.8. The average Bonchev–Trinajstić information content (AvgIpc) is 2.86. The lowest BCUT2D eigenvalue weighted by atomic mass is 10.1. The molecular weight excluding hydrogens is 314 g/mol. The van der Waals surface area contributed by atoms with Crippen molar-refractivity contribution in [2.45, 2.75) is 38.6 Å². The van der Waals surface area contributed by atoms with Crippen LogP contribution < -0.4 is 5.32 Å². The van der Waals surface area contributed by atoms with Crippen molar-refractivity contribution in [1.82, 2.24) is 5.32 Å². The summed E-state index contributed by atoms with van der Waals surface area (Å²) in [6, 6.07) is 7.85. The molecular formula is C17H21NO4S. The summed E-state index contributed by atoms with van der Waals surface area (Å²) >= 11 is 0. The van der Waals surface area contributed by atoms with E-state index in [-0.39, 0.29) is 22.3 Å². The highest BCUT2D eigenvalue weighted by molar-refractivity contribution is 7.91. The minimum absolute atomic E-state index is 0.0487. The normalized spacial score (nSPS) is 12.9. The van der Waals surface area contributed by atoms with Crippen LogP contribution in [0.3, 0.4) is 0 Å². The van der Waals surface area contributed by atoms with Gasteiger partial charge in [-0.3, -0.25) is 4.79 Å². The van der Waals surface area contributed by atoms with Gasteiger partial charge in [-0.05, 0) is 39.0 Å². The van der Waals surface area contributed by atoms with Crippen molar-refractivity contribution < 1.29 is 17.6 Å². The minimum atomic E-state index is -3.46. The first kappa shape index (κ1) is 17.3. The summed E-state index contributed by atoms with van der Waals surface area (Å²) in [5.41, 5.74) is 1.05. The number of benzene rings is 1. The highest BCUT2D eigenvalue weighted by Gasteiger charge is 2.22. The van der Waals surface area contributed by atoms with Crippen LogP contribution in [0.25, 0.3) is 0 Å². The van der Waals surface area contributed by atoms with Crippen LogP contribution in [-0.4, -0.2) is 20.1 Å². The van der Waals surface area contributed by atoms with Gasteiger partial charge in [0.05, 0.1) is 22.3 Å². The lowest BCUT2D eigenvalue weighted by Crippen LogP contribution is -2.28. The Labute approximate surface area is 136 Å². The molecule has 5 nitrogen and oxygen atoms in total.